The van der Waals surface area contributed by atoms with Gasteiger partial charge in [-0.3, -0.25) is 4.79 Å². The zero-order chi connectivity index (χ0) is 15.0. The molecule has 0 bridgehead atoms. The van der Waals surface area contributed by atoms with E-state index in [1.54, 1.807) is 41.0 Å². The largest absolute Gasteiger partial charge is 0.479 e. The third kappa shape index (κ3) is 1.89. The minimum Gasteiger partial charge on any atom is -0.479 e. The van der Waals surface area contributed by atoms with Crippen LogP contribution in [-0.4, -0.2) is 28.5 Å². The van der Waals surface area contributed by atoms with Gasteiger partial charge in [-0.15, -0.1) is 0 Å². The van der Waals surface area contributed by atoms with Crippen molar-refractivity contribution in [3.8, 4) is 0 Å². The minimum absolute atomic E-state index is 0.112. The van der Waals surface area contributed by atoms with Crippen molar-refractivity contribution in [3.05, 3.63) is 59.4 Å². The highest BCUT2D eigenvalue weighted by molar-refractivity contribution is 6.08. The lowest BCUT2D eigenvalue weighted by molar-refractivity contribution is -0.163. The fourth-order valence-electron chi connectivity index (χ4n) is 2.90. The van der Waals surface area contributed by atoms with Crippen LogP contribution in [0.2, 0.25) is 0 Å². The number of ketones is 1. The molecular weight excluding hydrogens is 270 g/mol. The first-order valence-corrected chi connectivity index (χ1v) is 6.68. The van der Waals surface area contributed by atoms with E-state index in [0.717, 1.165) is 0 Å². The van der Waals surface area contributed by atoms with Gasteiger partial charge in [-0.1, -0.05) is 30.3 Å². The second kappa shape index (κ2) is 4.86. The normalized spacial score (nSPS) is 20.2. The van der Waals surface area contributed by atoms with Crippen molar-refractivity contribution < 1.29 is 19.4 Å². The number of nitrogens with zero attached hydrogens (tertiary/aromatic N) is 1. The first-order valence-electron chi connectivity index (χ1n) is 6.68. The molecule has 3 rings (SSSR count). The number of aromatic nitrogens is 1. The molecule has 0 radical (unpaired) electrons. The van der Waals surface area contributed by atoms with Crippen molar-refractivity contribution in [1.82, 2.24) is 4.57 Å². The Morgan fingerprint density at radius 3 is 2.52 bits per heavy atom. The van der Waals surface area contributed by atoms with Crippen LogP contribution in [0.3, 0.4) is 0 Å². The van der Waals surface area contributed by atoms with E-state index in [9.17, 15) is 14.7 Å². The zero-order valence-corrected chi connectivity index (χ0v) is 11.6. The highest BCUT2D eigenvalue weighted by Gasteiger charge is 2.47. The maximum Gasteiger partial charge on any atom is 0.342 e. The topological polar surface area (TPSA) is 68.5 Å². The third-order valence-corrected chi connectivity index (χ3v) is 4.04. The Balaban J connectivity index is 2.05. The van der Waals surface area contributed by atoms with Gasteiger partial charge in [-0.05, 0) is 12.1 Å². The van der Waals surface area contributed by atoms with Crippen molar-refractivity contribution in [1.29, 1.82) is 0 Å². The minimum atomic E-state index is -1.35. The smallest absolute Gasteiger partial charge is 0.342 e. The molecule has 0 fully saturated rings. The Hall–Kier alpha value is -2.40. The average molecular weight is 285 g/mol. The molecule has 1 aromatic heterocycles. The van der Waals surface area contributed by atoms with Gasteiger partial charge in [-0.25, -0.2) is 4.79 Å². The number of benzene rings is 1. The predicted molar refractivity (Wildman–Crippen MR) is 75.2 cm³/mol. The van der Waals surface area contributed by atoms with Gasteiger partial charge in [0.15, 0.2) is 0 Å². The van der Waals surface area contributed by atoms with Gasteiger partial charge in [-0.2, -0.15) is 0 Å². The quantitative estimate of drug-likeness (QED) is 0.873. The van der Waals surface area contributed by atoms with Crippen molar-refractivity contribution >= 4 is 11.8 Å². The maximum atomic E-state index is 12.5. The van der Waals surface area contributed by atoms with Crippen LogP contribution in [0.5, 0.6) is 0 Å². The number of ether oxygens (including phenoxy) is 1. The van der Waals surface area contributed by atoms with E-state index >= 15 is 0 Å². The van der Waals surface area contributed by atoms with Gasteiger partial charge in [0.1, 0.15) is 0 Å². The summed E-state index contributed by atoms with van der Waals surface area (Å²) in [6, 6.07) is 12.3. The summed E-state index contributed by atoms with van der Waals surface area (Å²) in [7, 11) is 1.38. The van der Waals surface area contributed by atoms with Crippen LogP contribution in [0.1, 0.15) is 28.2 Å². The van der Waals surface area contributed by atoms with E-state index < -0.39 is 11.6 Å². The van der Waals surface area contributed by atoms with Crippen LogP contribution in [0, 0.1) is 0 Å². The Kier molecular flexibility index (Phi) is 3.14. The predicted octanol–water partition coefficient (Wildman–Crippen LogP) is 2.05. The summed E-state index contributed by atoms with van der Waals surface area (Å²) in [5.41, 5.74) is 0.256. The fraction of sp³-hybridized carbons (Fsp3) is 0.250. The molecule has 108 valence electrons. The lowest BCUT2D eigenvalue weighted by Gasteiger charge is -2.21. The first-order chi connectivity index (χ1) is 10.1. The molecule has 0 spiro atoms. The summed E-state index contributed by atoms with van der Waals surface area (Å²) in [5.74, 6) is -1.14. The number of aliphatic carboxylic acids is 1. The number of methoxy groups -OCH3 is 1. The van der Waals surface area contributed by atoms with E-state index in [-0.39, 0.29) is 5.78 Å². The van der Waals surface area contributed by atoms with Crippen LogP contribution >= 0.6 is 0 Å². The molecule has 1 unspecified atom stereocenters. The molecular formula is C16H15NO4. The molecule has 2 aromatic rings. The van der Waals surface area contributed by atoms with Gasteiger partial charge in [0.05, 0.1) is 11.4 Å². The van der Waals surface area contributed by atoms with E-state index in [4.69, 9.17) is 4.74 Å². The molecule has 1 aliphatic heterocycles. The number of carbonyl (C=O) groups is 2. The second-order valence-electron chi connectivity index (χ2n) is 5.04. The zero-order valence-electron chi connectivity index (χ0n) is 11.6. The molecule has 1 N–H and O–H groups in total. The molecule has 1 atom stereocenters. The number of fused-ring (bicyclic) bond motifs is 1. The highest BCUT2D eigenvalue weighted by atomic mass is 16.5. The van der Waals surface area contributed by atoms with Crippen molar-refractivity contribution in [3.63, 3.8) is 0 Å². The number of hydrogen-bond donors (Lipinski definition) is 1. The van der Waals surface area contributed by atoms with Crippen LogP contribution < -0.4 is 0 Å². The van der Waals surface area contributed by atoms with Crippen molar-refractivity contribution in [2.24, 2.45) is 0 Å². The van der Waals surface area contributed by atoms with Gasteiger partial charge in [0.2, 0.25) is 11.4 Å². The average Bonchev–Trinajstić information content (AvgIpc) is 3.07. The SMILES string of the molecule is COC1(C(=O)O)CCn2c(C(=O)c3ccccc3)ccc21. The fourth-order valence-corrected chi connectivity index (χ4v) is 2.90. The van der Waals surface area contributed by atoms with Crippen molar-refractivity contribution in [2.45, 2.75) is 18.6 Å². The summed E-state index contributed by atoms with van der Waals surface area (Å²) in [6.45, 7) is 0.455. The molecule has 0 amide bonds. The number of carboxylic acid groups (broad SMARTS) is 1. The number of carbonyl (C=O) groups excluding carboxylic acids is 1. The Morgan fingerprint density at radius 1 is 1.19 bits per heavy atom. The van der Waals surface area contributed by atoms with Crippen molar-refractivity contribution in [2.75, 3.05) is 7.11 Å². The van der Waals surface area contributed by atoms with E-state index in [2.05, 4.69) is 0 Å². The molecule has 0 saturated heterocycles. The summed E-state index contributed by atoms with van der Waals surface area (Å²) in [4.78, 5) is 24.1. The van der Waals surface area contributed by atoms with E-state index in [1.165, 1.54) is 7.11 Å². The molecule has 5 heteroatoms. The molecule has 1 aromatic carbocycles. The number of hydrogen-bond acceptors (Lipinski definition) is 3. The summed E-state index contributed by atoms with van der Waals surface area (Å²) >= 11 is 0. The van der Waals surface area contributed by atoms with Crippen LogP contribution in [0.4, 0.5) is 0 Å². The standard InChI is InChI=1S/C16H15NO4/c1-21-16(15(19)20)9-10-17-12(7-8-13(16)17)14(18)11-5-3-2-4-6-11/h2-8H,9-10H2,1H3,(H,19,20). The van der Waals surface area contributed by atoms with Crippen LogP contribution in [0.25, 0.3) is 0 Å². The molecule has 0 aliphatic carbocycles. The van der Waals surface area contributed by atoms with Crippen LogP contribution in [0.15, 0.2) is 42.5 Å². The molecule has 0 saturated carbocycles. The lowest BCUT2D eigenvalue weighted by atomic mass is 9.99. The maximum absolute atomic E-state index is 12.5. The van der Waals surface area contributed by atoms with Crippen LogP contribution in [-0.2, 0) is 21.7 Å². The van der Waals surface area contributed by atoms with E-state index in [0.29, 0.717) is 29.9 Å². The molecule has 5 nitrogen and oxygen atoms in total. The second-order valence-corrected chi connectivity index (χ2v) is 5.04. The molecule has 1 aliphatic rings. The summed E-state index contributed by atoms with van der Waals surface area (Å²) < 4.78 is 7.00. The third-order valence-electron chi connectivity index (χ3n) is 4.04. The van der Waals surface area contributed by atoms with Gasteiger partial charge in [0.25, 0.3) is 0 Å². The van der Waals surface area contributed by atoms with E-state index in [1.807, 2.05) is 6.07 Å². The number of rotatable bonds is 4. The molecule has 21 heavy (non-hydrogen) atoms. The number of carboxylic acids is 1. The Labute approximate surface area is 121 Å². The highest BCUT2D eigenvalue weighted by Crippen LogP contribution is 2.38. The van der Waals surface area contributed by atoms with Gasteiger partial charge in [0, 0.05) is 25.6 Å². The Bertz CT molecular complexity index is 704. The van der Waals surface area contributed by atoms with Gasteiger partial charge < -0.3 is 14.4 Å². The summed E-state index contributed by atoms with van der Waals surface area (Å²) in [6.07, 6.45) is 0.323. The monoisotopic (exact) mass is 285 g/mol. The summed E-state index contributed by atoms with van der Waals surface area (Å²) in [5, 5.41) is 9.45. The van der Waals surface area contributed by atoms with Gasteiger partial charge >= 0.3 is 5.97 Å². The Morgan fingerprint density at radius 2 is 1.90 bits per heavy atom. The lowest BCUT2D eigenvalue weighted by Crippen LogP contribution is -2.35. The first kappa shape index (κ1) is 13.6. The molecule has 2 heterocycles.